The van der Waals surface area contributed by atoms with Crippen LogP contribution in [0.5, 0.6) is 0 Å². The van der Waals surface area contributed by atoms with Crippen LogP contribution in [-0.4, -0.2) is 15.9 Å². The molecule has 0 bridgehead atoms. The fourth-order valence-corrected chi connectivity index (χ4v) is 2.36. The van der Waals surface area contributed by atoms with Gasteiger partial charge in [0.1, 0.15) is 5.82 Å². The van der Waals surface area contributed by atoms with Gasteiger partial charge >= 0.3 is 0 Å². The van der Waals surface area contributed by atoms with Crippen molar-refractivity contribution >= 4 is 17.4 Å². The number of amides is 1. The van der Waals surface area contributed by atoms with Gasteiger partial charge in [-0.1, -0.05) is 24.3 Å². The van der Waals surface area contributed by atoms with E-state index in [1.165, 1.54) is 12.1 Å². The monoisotopic (exact) mass is 336 g/mol. The zero-order valence-electron chi connectivity index (χ0n) is 13.7. The third-order valence-corrected chi connectivity index (χ3v) is 3.69. The minimum atomic E-state index is -0.330. The molecule has 0 aliphatic rings. The van der Waals surface area contributed by atoms with Gasteiger partial charge in [-0.2, -0.15) is 0 Å². The zero-order valence-corrected chi connectivity index (χ0v) is 13.7. The van der Waals surface area contributed by atoms with Gasteiger partial charge in [-0.3, -0.25) is 4.79 Å². The van der Waals surface area contributed by atoms with Crippen molar-refractivity contribution in [3.8, 4) is 11.3 Å². The Labute approximate surface area is 144 Å². The lowest BCUT2D eigenvalue weighted by atomic mass is 10.1. The number of anilines is 2. The molecule has 0 saturated carbocycles. The van der Waals surface area contributed by atoms with E-state index in [9.17, 15) is 9.18 Å². The summed E-state index contributed by atoms with van der Waals surface area (Å²) >= 11 is 0. The Bertz CT molecular complexity index is 892. The number of hydrogen-bond donors (Lipinski definition) is 2. The first-order valence-electron chi connectivity index (χ1n) is 7.75. The van der Waals surface area contributed by atoms with Crippen molar-refractivity contribution in [1.82, 2.24) is 9.97 Å². The molecule has 3 rings (SSSR count). The van der Waals surface area contributed by atoms with Gasteiger partial charge in [0.15, 0.2) is 5.82 Å². The molecule has 25 heavy (non-hydrogen) atoms. The number of carbonyl (C=O) groups is 1. The van der Waals surface area contributed by atoms with E-state index >= 15 is 0 Å². The number of rotatable bonds is 4. The topological polar surface area (TPSA) is 80.9 Å². The standard InChI is InChI=1S/C19H17FN4O/c1-12-19(24-18(25)10-13-2-6-15(20)7-3-13)22-11-17(23-12)14-4-8-16(21)9-5-14/h2-9,11H,10,21H2,1H3,(H,22,24,25). The Morgan fingerprint density at radius 2 is 1.80 bits per heavy atom. The number of hydrogen-bond acceptors (Lipinski definition) is 4. The molecule has 0 spiro atoms. The Kier molecular flexibility index (Phi) is 4.70. The molecule has 3 N–H and O–H groups in total. The highest BCUT2D eigenvalue weighted by molar-refractivity contribution is 5.91. The van der Waals surface area contributed by atoms with Gasteiger partial charge in [-0.15, -0.1) is 0 Å². The highest BCUT2D eigenvalue weighted by Gasteiger charge is 2.10. The summed E-state index contributed by atoms with van der Waals surface area (Å²) in [5.74, 6) is -0.153. The summed E-state index contributed by atoms with van der Waals surface area (Å²) in [5, 5.41) is 2.73. The second-order valence-corrected chi connectivity index (χ2v) is 5.66. The molecule has 2 aromatic carbocycles. The first-order valence-corrected chi connectivity index (χ1v) is 7.75. The molecule has 0 aliphatic heterocycles. The van der Waals surface area contributed by atoms with E-state index in [0.717, 1.165) is 11.1 Å². The van der Waals surface area contributed by atoms with E-state index in [1.807, 2.05) is 12.1 Å². The number of aromatic nitrogens is 2. The average molecular weight is 336 g/mol. The molecule has 5 nitrogen and oxygen atoms in total. The Morgan fingerprint density at radius 3 is 2.44 bits per heavy atom. The summed E-state index contributed by atoms with van der Waals surface area (Å²) in [6, 6.07) is 13.1. The lowest BCUT2D eigenvalue weighted by molar-refractivity contribution is -0.115. The fourth-order valence-electron chi connectivity index (χ4n) is 2.36. The molecule has 6 heteroatoms. The molecule has 126 valence electrons. The Hall–Kier alpha value is -3.28. The van der Waals surface area contributed by atoms with Crippen LogP contribution in [0.15, 0.2) is 54.7 Å². The van der Waals surface area contributed by atoms with E-state index in [1.54, 1.807) is 37.4 Å². The van der Waals surface area contributed by atoms with E-state index in [2.05, 4.69) is 15.3 Å². The number of nitrogen functional groups attached to an aromatic ring is 1. The molecule has 3 aromatic rings. The van der Waals surface area contributed by atoms with E-state index in [0.29, 0.717) is 22.9 Å². The fraction of sp³-hybridized carbons (Fsp3) is 0.105. The predicted molar refractivity (Wildman–Crippen MR) is 95.4 cm³/mol. The van der Waals surface area contributed by atoms with Crippen molar-refractivity contribution in [2.75, 3.05) is 11.1 Å². The summed E-state index contributed by atoms with van der Waals surface area (Å²) in [4.78, 5) is 20.9. The normalized spacial score (nSPS) is 10.5. The molecule has 0 aliphatic carbocycles. The van der Waals surface area contributed by atoms with Crippen LogP contribution < -0.4 is 11.1 Å². The SMILES string of the molecule is Cc1nc(-c2ccc(N)cc2)cnc1NC(=O)Cc1ccc(F)cc1. The highest BCUT2D eigenvalue weighted by Crippen LogP contribution is 2.20. The van der Waals surface area contributed by atoms with Crippen LogP contribution in [0.3, 0.4) is 0 Å². The van der Waals surface area contributed by atoms with Crippen LogP contribution in [-0.2, 0) is 11.2 Å². The molecule has 1 heterocycles. The smallest absolute Gasteiger partial charge is 0.229 e. The average Bonchev–Trinajstić information content (AvgIpc) is 2.59. The van der Waals surface area contributed by atoms with Gasteiger partial charge in [-0.25, -0.2) is 14.4 Å². The van der Waals surface area contributed by atoms with Crippen LogP contribution in [0.1, 0.15) is 11.3 Å². The lowest BCUT2D eigenvalue weighted by Crippen LogP contribution is -2.16. The summed E-state index contributed by atoms with van der Waals surface area (Å²) < 4.78 is 12.9. The molecule has 0 fully saturated rings. The first-order chi connectivity index (χ1) is 12.0. The summed E-state index contributed by atoms with van der Waals surface area (Å²) in [5.41, 5.74) is 9.30. The molecular weight excluding hydrogens is 319 g/mol. The maximum Gasteiger partial charge on any atom is 0.229 e. The molecule has 0 radical (unpaired) electrons. The van der Waals surface area contributed by atoms with Crippen LogP contribution >= 0.6 is 0 Å². The minimum Gasteiger partial charge on any atom is -0.399 e. The van der Waals surface area contributed by atoms with Crippen molar-refractivity contribution < 1.29 is 9.18 Å². The van der Waals surface area contributed by atoms with Gasteiger partial charge in [0.2, 0.25) is 5.91 Å². The number of carbonyl (C=O) groups excluding carboxylic acids is 1. The van der Waals surface area contributed by atoms with Gasteiger partial charge < -0.3 is 11.1 Å². The maximum atomic E-state index is 12.9. The summed E-state index contributed by atoms with van der Waals surface area (Å²) in [6.45, 7) is 1.78. The molecular formula is C19H17FN4O. The van der Waals surface area contributed by atoms with Crippen LogP contribution in [0.2, 0.25) is 0 Å². The van der Waals surface area contributed by atoms with Crippen LogP contribution in [0.25, 0.3) is 11.3 Å². The molecule has 0 atom stereocenters. The number of aryl methyl sites for hydroxylation is 1. The van der Waals surface area contributed by atoms with Gasteiger partial charge in [-0.05, 0) is 36.8 Å². The minimum absolute atomic E-state index is 0.140. The second-order valence-electron chi connectivity index (χ2n) is 5.66. The van der Waals surface area contributed by atoms with Crippen molar-refractivity contribution in [3.63, 3.8) is 0 Å². The Morgan fingerprint density at radius 1 is 1.12 bits per heavy atom. The maximum absolute atomic E-state index is 12.9. The molecule has 0 saturated heterocycles. The molecule has 1 aromatic heterocycles. The van der Waals surface area contributed by atoms with Crippen LogP contribution in [0, 0.1) is 12.7 Å². The number of nitrogens with two attached hydrogens (primary N) is 1. The summed E-state index contributed by atoms with van der Waals surface area (Å²) in [6.07, 6.45) is 1.74. The third-order valence-electron chi connectivity index (χ3n) is 3.69. The van der Waals surface area contributed by atoms with Crippen molar-refractivity contribution in [2.24, 2.45) is 0 Å². The van der Waals surface area contributed by atoms with Crippen molar-refractivity contribution in [2.45, 2.75) is 13.3 Å². The second kappa shape index (κ2) is 7.09. The number of halogens is 1. The largest absolute Gasteiger partial charge is 0.399 e. The first kappa shape index (κ1) is 16.6. The third kappa shape index (κ3) is 4.17. The quantitative estimate of drug-likeness (QED) is 0.716. The van der Waals surface area contributed by atoms with Gasteiger partial charge in [0.05, 0.1) is 24.0 Å². The number of nitrogens with zero attached hydrogens (tertiary/aromatic N) is 2. The zero-order chi connectivity index (χ0) is 17.8. The van der Waals surface area contributed by atoms with E-state index in [4.69, 9.17) is 5.73 Å². The highest BCUT2D eigenvalue weighted by atomic mass is 19.1. The number of nitrogens with one attached hydrogen (secondary N) is 1. The van der Waals surface area contributed by atoms with E-state index in [-0.39, 0.29) is 18.1 Å². The van der Waals surface area contributed by atoms with Crippen LogP contribution in [0.4, 0.5) is 15.9 Å². The Balaban J connectivity index is 1.71. The van der Waals surface area contributed by atoms with E-state index < -0.39 is 0 Å². The van der Waals surface area contributed by atoms with Crippen molar-refractivity contribution in [3.05, 3.63) is 71.8 Å². The summed E-state index contributed by atoms with van der Waals surface area (Å²) in [7, 11) is 0. The number of benzene rings is 2. The molecule has 0 unspecified atom stereocenters. The predicted octanol–water partition coefficient (Wildman–Crippen LogP) is 3.35. The lowest BCUT2D eigenvalue weighted by Gasteiger charge is -2.09. The van der Waals surface area contributed by atoms with Crippen molar-refractivity contribution in [1.29, 1.82) is 0 Å². The van der Waals surface area contributed by atoms with Gasteiger partial charge in [0, 0.05) is 11.3 Å². The van der Waals surface area contributed by atoms with Gasteiger partial charge in [0.25, 0.3) is 0 Å². The molecule has 1 amide bonds.